The molecule has 218 valence electrons. The molecule has 3 aromatic rings. The minimum Gasteiger partial charge on any atom is -0.375 e. The maximum atomic E-state index is 15.1. The van der Waals surface area contributed by atoms with Crippen LogP contribution in [0, 0.1) is 11.6 Å². The fraction of sp³-hybridized carbons (Fsp3) is 0.393. The molecule has 0 saturated carbocycles. The molecular formula is C28H27F5N4O3S. The van der Waals surface area contributed by atoms with Crippen LogP contribution in [0.3, 0.4) is 0 Å². The molecule has 2 aliphatic rings. The Kier molecular flexibility index (Phi) is 8.11. The highest BCUT2D eigenvalue weighted by molar-refractivity contribution is 7.99. The molecule has 0 spiro atoms. The molecule has 1 saturated heterocycles. The number of carbonyl (C=O) groups is 1. The van der Waals surface area contributed by atoms with Gasteiger partial charge in [0.05, 0.1) is 23.7 Å². The number of piperazine rings is 1. The Labute approximate surface area is 236 Å². The molecule has 0 radical (unpaired) electrons. The molecule has 1 fully saturated rings. The number of alkyl halides is 3. The third-order valence-electron chi connectivity index (χ3n) is 7.13. The summed E-state index contributed by atoms with van der Waals surface area (Å²) in [5.41, 5.74) is -2.51. The van der Waals surface area contributed by atoms with E-state index in [0.717, 1.165) is 30.0 Å². The van der Waals surface area contributed by atoms with Gasteiger partial charge >= 0.3 is 11.9 Å². The van der Waals surface area contributed by atoms with Crippen molar-refractivity contribution >= 4 is 34.4 Å². The number of amides is 1. The van der Waals surface area contributed by atoms with E-state index in [4.69, 9.17) is 4.74 Å². The predicted octanol–water partition coefficient (Wildman–Crippen LogP) is 5.10. The summed E-state index contributed by atoms with van der Waals surface area (Å²) in [7, 11) is 0. The topological polar surface area (TPSA) is 67.7 Å². The van der Waals surface area contributed by atoms with E-state index >= 15 is 4.39 Å². The molecule has 0 N–H and O–H groups in total. The van der Waals surface area contributed by atoms with Gasteiger partial charge in [-0.2, -0.15) is 18.2 Å². The van der Waals surface area contributed by atoms with Crippen molar-refractivity contribution in [1.29, 1.82) is 0 Å². The van der Waals surface area contributed by atoms with Gasteiger partial charge in [0.2, 0.25) is 5.91 Å². The molecule has 7 nitrogen and oxygen atoms in total. The maximum absolute atomic E-state index is 15.1. The molecule has 2 aliphatic heterocycles. The van der Waals surface area contributed by atoms with E-state index in [-0.39, 0.29) is 66.0 Å². The number of benzene rings is 2. The fourth-order valence-electron chi connectivity index (χ4n) is 5.21. The third-order valence-corrected chi connectivity index (χ3v) is 8.35. The predicted molar refractivity (Wildman–Crippen MR) is 146 cm³/mol. The Balaban J connectivity index is 1.78. The number of rotatable bonds is 6. The minimum absolute atomic E-state index is 0.0426. The van der Waals surface area contributed by atoms with Gasteiger partial charge in [0.25, 0.3) is 0 Å². The lowest BCUT2D eigenvalue weighted by molar-refractivity contribution is -0.137. The van der Waals surface area contributed by atoms with Crippen molar-refractivity contribution in [3.8, 4) is 11.1 Å². The second-order valence-electron chi connectivity index (χ2n) is 9.80. The normalized spacial score (nSPS) is 17.6. The van der Waals surface area contributed by atoms with Crippen molar-refractivity contribution in [3.63, 3.8) is 0 Å². The fourth-order valence-corrected chi connectivity index (χ4v) is 6.49. The van der Waals surface area contributed by atoms with Gasteiger partial charge < -0.3 is 14.5 Å². The molecule has 1 atom stereocenters. The number of halogens is 5. The van der Waals surface area contributed by atoms with Gasteiger partial charge in [-0.25, -0.2) is 13.6 Å². The Morgan fingerprint density at radius 1 is 1.20 bits per heavy atom. The van der Waals surface area contributed by atoms with Crippen molar-refractivity contribution in [3.05, 3.63) is 64.6 Å². The van der Waals surface area contributed by atoms with Crippen LogP contribution in [0.2, 0.25) is 0 Å². The van der Waals surface area contributed by atoms with E-state index in [1.807, 2.05) is 6.92 Å². The second-order valence-corrected chi connectivity index (χ2v) is 10.8. The van der Waals surface area contributed by atoms with E-state index in [1.165, 1.54) is 10.6 Å². The lowest BCUT2D eigenvalue weighted by atomic mass is 9.95. The summed E-state index contributed by atoms with van der Waals surface area (Å²) >= 11 is 1.04. The minimum atomic E-state index is -4.92. The summed E-state index contributed by atoms with van der Waals surface area (Å²) in [5, 5.41) is 0.0744. The molecule has 5 rings (SSSR count). The van der Waals surface area contributed by atoms with Crippen LogP contribution in [-0.2, 0) is 22.3 Å². The van der Waals surface area contributed by atoms with Crippen LogP contribution >= 0.6 is 11.8 Å². The van der Waals surface area contributed by atoms with Crippen LogP contribution in [0.25, 0.3) is 22.0 Å². The highest BCUT2D eigenvalue weighted by Gasteiger charge is 2.39. The molecule has 1 unspecified atom stereocenters. The van der Waals surface area contributed by atoms with Gasteiger partial charge in [-0.15, -0.1) is 11.8 Å². The Bertz CT molecular complexity index is 1570. The van der Waals surface area contributed by atoms with E-state index in [1.54, 1.807) is 9.80 Å². The van der Waals surface area contributed by atoms with Crippen molar-refractivity contribution in [2.45, 2.75) is 37.1 Å². The maximum Gasteiger partial charge on any atom is 0.417 e. The summed E-state index contributed by atoms with van der Waals surface area (Å²) in [6.07, 6.45) is -3.56. The second kappa shape index (κ2) is 11.4. The smallest absolute Gasteiger partial charge is 0.375 e. The van der Waals surface area contributed by atoms with Gasteiger partial charge in [0.1, 0.15) is 17.5 Å². The summed E-state index contributed by atoms with van der Waals surface area (Å²) < 4.78 is 80.2. The van der Waals surface area contributed by atoms with E-state index < -0.39 is 46.3 Å². The molecule has 1 aromatic heterocycles. The molecular weight excluding hydrogens is 567 g/mol. The number of aromatic nitrogens is 2. The average molecular weight is 595 g/mol. The third kappa shape index (κ3) is 5.56. The largest absolute Gasteiger partial charge is 0.417 e. The van der Waals surface area contributed by atoms with Gasteiger partial charge in [0, 0.05) is 66.0 Å². The van der Waals surface area contributed by atoms with E-state index in [2.05, 4.69) is 11.6 Å². The standard InChI is InChI=1S/C28H27F5N4O3S/c1-3-11-40-17-14-37-24-19(26(34-27(37)39)36-9-7-35(8-10-36)22(38)4-2)13-20(28(31,32)33)23(25(24)41-15-17)18-6-5-16(29)12-21(18)30/h4-6,12-13,17H,2-3,7-11,14-15H2,1H3. The van der Waals surface area contributed by atoms with Crippen LogP contribution in [0.4, 0.5) is 27.8 Å². The lowest BCUT2D eigenvalue weighted by Crippen LogP contribution is -2.49. The molecule has 41 heavy (non-hydrogen) atoms. The van der Waals surface area contributed by atoms with Crippen molar-refractivity contribution in [2.75, 3.05) is 43.4 Å². The summed E-state index contributed by atoms with van der Waals surface area (Å²) in [6.45, 7) is 6.79. The van der Waals surface area contributed by atoms with Crippen LogP contribution < -0.4 is 10.6 Å². The highest BCUT2D eigenvalue weighted by Crippen LogP contribution is 2.48. The summed E-state index contributed by atoms with van der Waals surface area (Å²) in [6, 6.07) is 3.31. The first kappa shape index (κ1) is 29.1. The number of hydrogen-bond acceptors (Lipinski definition) is 6. The van der Waals surface area contributed by atoms with Crippen LogP contribution in [0.5, 0.6) is 0 Å². The van der Waals surface area contributed by atoms with Crippen LogP contribution in [0.1, 0.15) is 18.9 Å². The molecule has 13 heteroatoms. The molecule has 1 amide bonds. The van der Waals surface area contributed by atoms with Gasteiger partial charge in [-0.05, 0) is 30.7 Å². The molecule has 3 heterocycles. The van der Waals surface area contributed by atoms with Gasteiger partial charge in [-0.1, -0.05) is 13.5 Å². The zero-order chi connectivity index (χ0) is 29.5. The van der Waals surface area contributed by atoms with E-state index in [9.17, 15) is 27.2 Å². The van der Waals surface area contributed by atoms with Gasteiger partial charge in [0.15, 0.2) is 0 Å². The number of thioether (sulfide) groups is 1. The first-order valence-electron chi connectivity index (χ1n) is 13.1. The lowest BCUT2D eigenvalue weighted by Gasteiger charge is -2.35. The first-order valence-corrected chi connectivity index (χ1v) is 14.1. The number of anilines is 1. The van der Waals surface area contributed by atoms with Crippen molar-refractivity contribution in [2.24, 2.45) is 0 Å². The average Bonchev–Trinajstić information content (AvgIpc) is 3.14. The Hall–Kier alpha value is -3.45. The summed E-state index contributed by atoms with van der Waals surface area (Å²) in [4.78, 5) is 33.0. The Morgan fingerprint density at radius 2 is 1.93 bits per heavy atom. The number of carbonyl (C=O) groups excluding carboxylic acids is 1. The summed E-state index contributed by atoms with van der Waals surface area (Å²) in [5.74, 6) is -2.10. The quantitative estimate of drug-likeness (QED) is 0.293. The zero-order valence-corrected chi connectivity index (χ0v) is 23.0. The number of nitrogens with zero attached hydrogens (tertiary/aromatic N) is 4. The Morgan fingerprint density at radius 3 is 2.56 bits per heavy atom. The SMILES string of the molecule is C=CC(=O)N1CCN(c2nc(=O)n3c4c(c(-c5ccc(F)cc5F)c(C(F)(F)F)cc24)SCC(OCCC)C3)CC1. The van der Waals surface area contributed by atoms with Gasteiger partial charge in [-0.3, -0.25) is 9.36 Å². The van der Waals surface area contributed by atoms with E-state index in [0.29, 0.717) is 19.1 Å². The number of ether oxygens (including phenoxy) is 1. The van der Waals surface area contributed by atoms with Crippen molar-refractivity contribution in [1.82, 2.24) is 14.5 Å². The van der Waals surface area contributed by atoms with Crippen LogP contribution in [-0.4, -0.2) is 65.0 Å². The van der Waals surface area contributed by atoms with Crippen molar-refractivity contribution < 1.29 is 31.5 Å². The van der Waals surface area contributed by atoms with Crippen LogP contribution in [0.15, 0.2) is 46.6 Å². The first-order chi connectivity index (χ1) is 19.5. The monoisotopic (exact) mass is 594 g/mol. The molecule has 0 bridgehead atoms. The highest BCUT2D eigenvalue weighted by atomic mass is 32.2. The number of hydrogen-bond donors (Lipinski definition) is 0. The molecule has 2 aromatic carbocycles. The molecule has 0 aliphatic carbocycles. The zero-order valence-electron chi connectivity index (χ0n) is 22.1.